The number of imidazole rings is 1. The first-order valence-electron chi connectivity index (χ1n) is 15.3. The van der Waals surface area contributed by atoms with Crippen LogP contribution in [0.15, 0.2) is 71.5 Å². The van der Waals surface area contributed by atoms with E-state index in [0.29, 0.717) is 55.7 Å². The fourth-order valence-corrected chi connectivity index (χ4v) is 6.41. The van der Waals surface area contributed by atoms with Gasteiger partial charge in [0.05, 0.1) is 30.4 Å². The molecule has 10 heteroatoms. The molecule has 1 aromatic heterocycles. The van der Waals surface area contributed by atoms with E-state index in [1.54, 1.807) is 17.7 Å². The second-order valence-corrected chi connectivity index (χ2v) is 11.7. The van der Waals surface area contributed by atoms with E-state index in [-0.39, 0.29) is 29.5 Å². The molecule has 1 aliphatic heterocycles. The number of morpholine rings is 1. The van der Waals surface area contributed by atoms with Crippen molar-refractivity contribution in [2.24, 2.45) is 5.92 Å². The highest BCUT2D eigenvalue weighted by atomic mass is 16.5. The second kappa shape index (κ2) is 13.1. The van der Waals surface area contributed by atoms with Gasteiger partial charge in [-0.05, 0) is 61.9 Å². The third-order valence-electron chi connectivity index (χ3n) is 8.81. The van der Waals surface area contributed by atoms with Gasteiger partial charge in [0, 0.05) is 43.3 Å². The first-order chi connectivity index (χ1) is 21.4. The van der Waals surface area contributed by atoms with Crippen LogP contribution in [0.1, 0.15) is 42.9 Å². The third kappa shape index (κ3) is 6.41. The number of methoxy groups -OCH3 is 1. The lowest BCUT2D eigenvalue weighted by molar-refractivity contribution is -0.133. The van der Waals surface area contributed by atoms with E-state index in [9.17, 15) is 14.4 Å². The molecule has 44 heavy (non-hydrogen) atoms. The first-order valence-corrected chi connectivity index (χ1v) is 15.3. The number of anilines is 2. The zero-order valence-electron chi connectivity index (χ0n) is 25.2. The van der Waals surface area contributed by atoms with Gasteiger partial charge in [-0.15, -0.1) is 0 Å². The number of benzene rings is 3. The number of H-pyrrole nitrogens is 1. The predicted octanol–water partition coefficient (Wildman–Crippen LogP) is 4.86. The summed E-state index contributed by atoms with van der Waals surface area (Å²) in [6.07, 6.45) is 2.14. The number of amides is 2. The topological polar surface area (TPSA) is 118 Å². The molecule has 4 aromatic rings. The highest BCUT2D eigenvalue weighted by Crippen LogP contribution is 2.35. The molecule has 1 unspecified atom stereocenters. The number of nitrogens with zero attached hydrogens (tertiary/aromatic N) is 2. The number of carbonyl (C=O) groups is 2. The van der Waals surface area contributed by atoms with Gasteiger partial charge in [0.15, 0.2) is 0 Å². The van der Waals surface area contributed by atoms with Crippen LogP contribution in [0, 0.1) is 12.8 Å². The lowest BCUT2D eigenvalue weighted by Crippen LogP contribution is -2.47. The summed E-state index contributed by atoms with van der Waals surface area (Å²) < 4.78 is 13.0. The van der Waals surface area contributed by atoms with Crippen molar-refractivity contribution in [3.8, 4) is 5.75 Å². The van der Waals surface area contributed by atoms with Gasteiger partial charge in [-0.3, -0.25) is 19.1 Å². The minimum atomic E-state index is -0.612. The monoisotopic (exact) mass is 597 g/mol. The Morgan fingerprint density at radius 2 is 1.77 bits per heavy atom. The molecule has 0 radical (unpaired) electrons. The molecule has 6 rings (SSSR count). The highest BCUT2D eigenvalue weighted by molar-refractivity contribution is 6.01. The first kappa shape index (κ1) is 29.7. The average Bonchev–Trinajstić information content (AvgIpc) is 3.39. The van der Waals surface area contributed by atoms with Crippen molar-refractivity contribution in [1.29, 1.82) is 0 Å². The van der Waals surface area contributed by atoms with E-state index in [4.69, 9.17) is 9.47 Å². The van der Waals surface area contributed by atoms with Crippen molar-refractivity contribution in [2.45, 2.75) is 51.3 Å². The molecule has 2 heterocycles. The number of fused-ring (bicyclic) bond motifs is 1. The molecule has 2 aliphatic rings. The average molecular weight is 598 g/mol. The van der Waals surface area contributed by atoms with Gasteiger partial charge in [-0.25, -0.2) is 4.79 Å². The zero-order chi connectivity index (χ0) is 30.6. The second-order valence-electron chi connectivity index (χ2n) is 11.7. The number of hydrogen-bond acceptors (Lipinski definition) is 6. The van der Waals surface area contributed by atoms with Crippen molar-refractivity contribution in [2.75, 3.05) is 37.4 Å². The molecule has 2 fully saturated rings. The van der Waals surface area contributed by atoms with Gasteiger partial charge in [-0.1, -0.05) is 42.5 Å². The van der Waals surface area contributed by atoms with Gasteiger partial charge in [0.2, 0.25) is 5.91 Å². The van der Waals surface area contributed by atoms with Gasteiger partial charge in [0.1, 0.15) is 11.9 Å². The maximum Gasteiger partial charge on any atom is 0.326 e. The number of aromatic nitrogens is 2. The maximum absolute atomic E-state index is 13.3. The lowest BCUT2D eigenvalue weighted by Gasteiger charge is -2.32. The molecule has 0 spiro atoms. The van der Waals surface area contributed by atoms with Gasteiger partial charge >= 0.3 is 5.69 Å². The molecule has 3 N–H and O–H groups in total. The molecule has 230 valence electrons. The molecule has 3 aromatic carbocycles. The van der Waals surface area contributed by atoms with E-state index in [1.165, 1.54) is 5.56 Å². The van der Waals surface area contributed by atoms with E-state index >= 15 is 0 Å². The summed E-state index contributed by atoms with van der Waals surface area (Å²) in [5, 5.41) is 6.03. The largest absolute Gasteiger partial charge is 0.496 e. The number of rotatable bonds is 8. The molecule has 1 aliphatic carbocycles. The van der Waals surface area contributed by atoms with Crippen LogP contribution in [0.25, 0.3) is 11.0 Å². The number of hydrogen-bond donors (Lipinski definition) is 3. The minimum Gasteiger partial charge on any atom is -0.496 e. The van der Waals surface area contributed by atoms with Crippen LogP contribution in [-0.2, 0) is 20.9 Å². The Kier molecular flexibility index (Phi) is 8.81. The quantitative estimate of drug-likeness (QED) is 0.267. The number of para-hydroxylation sites is 1. The zero-order valence-corrected chi connectivity index (χ0v) is 25.2. The fraction of sp³-hybridized carbons (Fsp3) is 0.382. The summed E-state index contributed by atoms with van der Waals surface area (Å²) >= 11 is 0. The van der Waals surface area contributed by atoms with Crippen molar-refractivity contribution in [3.63, 3.8) is 0 Å². The summed E-state index contributed by atoms with van der Waals surface area (Å²) in [5.74, 6) is 0.350. The van der Waals surface area contributed by atoms with Crippen molar-refractivity contribution in [3.05, 3.63) is 88.3 Å². The Morgan fingerprint density at radius 1 is 0.977 bits per heavy atom. The van der Waals surface area contributed by atoms with Crippen molar-refractivity contribution < 1.29 is 19.1 Å². The van der Waals surface area contributed by atoms with Crippen LogP contribution < -0.4 is 21.1 Å². The summed E-state index contributed by atoms with van der Waals surface area (Å²) in [6, 6.07) is 21.3. The number of aryl methyl sites for hydroxylation is 1. The van der Waals surface area contributed by atoms with Crippen LogP contribution in [0.5, 0.6) is 5.75 Å². The molecule has 2 amide bonds. The number of nitrogens with one attached hydrogen (secondary N) is 3. The Bertz CT molecular complexity index is 1690. The van der Waals surface area contributed by atoms with Crippen LogP contribution in [0.4, 0.5) is 11.4 Å². The Labute approximate surface area is 256 Å². The van der Waals surface area contributed by atoms with Crippen molar-refractivity contribution >= 4 is 34.2 Å². The Balaban J connectivity index is 1.10. The smallest absolute Gasteiger partial charge is 0.326 e. The summed E-state index contributed by atoms with van der Waals surface area (Å²) in [5.41, 5.74) is 4.57. The van der Waals surface area contributed by atoms with E-state index in [0.717, 1.165) is 29.9 Å². The number of aromatic amines is 1. The molecule has 1 saturated carbocycles. The standard InChI is InChI=1S/C34H39N5O5/c1-22-11-14-25(19-29(22)43-2)35-32(40)24-12-15-26(16-13-24)39-28-10-6-9-27(31(28)37-34(39)42)36-33(41)30-21-38(17-18-44-30)20-23-7-4-3-5-8-23/h3-11,14,19,24,26,30H,12-13,15-18,20-21H2,1-2H3,(H,35,40)(H,36,41)(H,37,42). The van der Waals surface area contributed by atoms with Gasteiger partial charge in [0.25, 0.3) is 5.91 Å². The van der Waals surface area contributed by atoms with Gasteiger partial charge < -0.3 is 25.1 Å². The molecule has 10 nitrogen and oxygen atoms in total. The molecule has 0 bridgehead atoms. The fourth-order valence-electron chi connectivity index (χ4n) is 6.41. The Morgan fingerprint density at radius 3 is 2.55 bits per heavy atom. The van der Waals surface area contributed by atoms with Crippen LogP contribution in [-0.4, -0.2) is 59.2 Å². The molecular formula is C34H39N5O5. The molecule has 1 saturated heterocycles. The number of ether oxygens (including phenoxy) is 2. The molecule has 1 atom stereocenters. The third-order valence-corrected chi connectivity index (χ3v) is 8.81. The number of carbonyl (C=O) groups excluding carboxylic acids is 2. The summed E-state index contributed by atoms with van der Waals surface area (Å²) in [7, 11) is 1.62. The predicted molar refractivity (Wildman–Crippen MR) is 170 cm³/mol. The highest BCUT2D eigenvalue weighted by Gasteiger charge is 2.30. The summed E-state index contributed by atoms with van der Waals surface area (Å²) in [6.45, 7) is 4.44. The normalized spacial score (nSPS) is 20.7. The Hall–Kier alpha value is -4.41. The van der Waals surface area contributed by atoms with Gasteiger partial charge in [-0.2, -0.15) is 0 Å². The summed E-state index contributed by atoms with van der Waals surface area (Å²) in [4.78, 5) is 44.7. The maximum atomic E-state index is 13.3. The van der Waals surface area contributed by atoms with Crippen molar-refractivity contribution in [1.82, 2.24) is 14.5 Å². The van der Waals surface area contributed by atoms with Crippen LogP contribution >= 0.6 is 0 Å². The lowest BCUT2D eigenvalue weighted by atomic mass is 9.85. The van der Waals surface area contributed by atoms with Crippen LogP contribution in [0.3, 0.4) is 0 Å². The van der Waals surface area contributed by atoms with E-state index in [1.807, 2.05) is 55.5 Å². The van der Waals surface area contributed by atoms with E-state index in [2.05, 4.69) is 32.7 Å². The molecular weight excluding hydrogens is 558 g/mol. The van der Waals surface area contributed by atoms with Crippen LogP contribution in [0.2, 0.25) is 0 Å². The minimum absolute atomic E-state index is 0.0158. The van der Waals surface area contributed by atoms with E-state index < -0.39 is 6.10 Å². The SMILES string of the molecule is COc1cc(NC(=O)C2CCC(n3c(=O)[nH]c4c(NC(=O)C5CN(Cc6ccccc6)CCO5)cccc43)CC2)ccc1C.